The summed E-state index contributed by atoms with van der Waals surface area (Å²) in [5, 5.41) is 42.2. The number of unbranched alkanes of at least 4 members (excludes halogenated alkanes) is 1. The van der Waals surface area contributed by atoms with Crippen LogP contribution in [0.25, 0.3) is 0 Å². The molecule has 8 amide bonds. The van der Waals surface area contributed by atoms with Crippen molar-refractivity contribution in [1.29, 1.82) is 0 Å². The number of hydrogen-bond donors (Lipinski definition) is 15. The summed E-state index contributed by atoms with van der Waals surface area (Å²) in [5.74, 6) is -11.0. The summed E-state index contributed by atoms with van der Waals surface area (Å²) < 4.78 is 0. The fraction of sp³-hybridized carbons (Fsp3) is 0.796. The molecule has 0 aromatic heterocycles. The zero-order chi connectivity index (χ0) is 60.6. The quantitative estimate of drug-likeness (QED) is 0.0323. The number of ketones is 3. The molecule has 1 fully saturated rings. The van der Waals surface area contributed by atoms with Crippen LogP contribution in [0.15, 0.2) is 0 Å². The minimum absolute atomic E-state index is 0.0612. The summed E-state index contributed by atoms with van der Waals surface area (Å²) in [6.45, 7) is 11.3. The van der Waals surface area contributed by atoms with Gasteiger partial charge < -0.3 is 81.4 Å². The van der Waals surface area contributed by atoms with Crippen LogP contribution in [0.4, 0.5) is 0 Å². The maximum Gasteiger partial charge on any atom is 0.245 e. The third kappa shape index (κ3) is 26.8. The van der Waals surface area contributed by atoms with Crippen molar-refractivity contribution in [3.63, 3.8) is 0 Å². The van der Waals surface area contributed by atoms with E-state index in [9.17, 15) is 63.0 Å². The van der Waals surface area contributed by atoms with E-state index in [1.54, 1.807) is 6.92 Å². The molecule has 80 heavy (non-hydrogen) atoms. The molecule has 0 unspecified atom stereocenters. The van der Waals surface area contributed by atoms with Gasteiger partial charge in [-0.3, -0.25) is 52.7 Å². The van der Waals surface area contributed by atoms with Crippen LogP contribution in [-0.2, 0) is 52.7 Å². The summed E-state index contributed by atoms with van der Waals surface area (Å²) in [6, 6.07) is -9.96. The minimum atomic E-state index is -1.65. The van der Waals surface area contributed by atoms with E-state index in [0.29, 0.717) is 18.8 Å². The summed E-state index contributed by atoms with van der Waals surface area (Å²) in [6.07, 6.45) is -1.51. The first kappa shape index (κ1) is 72.5. The number of hydrogen-bond acceptors (Lipinski definition) is 18. The Hall–Kier alpha value is -5.51. The summed E-state index contributed by atoms with van der Waals surface area (Å²) >= 11 is 0. The molecule has 0 spiro atoms. The molecule has 26 nitrogen and oxygen atoms in total. The molecule has 1 rings (SSSR count). The summed E-state index contributed by atoms with van der Waals surface area (Å²) in [4.78, 5) is 153. The lowest BCUT2D eigenvalue weighted by molar-refractivity contribution is -0.137. The van der Waals surface area contributed by atoms with Gasteiger partial charge in [-0.15, -0.1) is 0 Å². The SMILES string of the molecule is CCC[C@@H]1NC(=O)[C@@H](CC(C)C)CC(=O)[C@H](CCN)NC(=O)[C@@H](NC(=O)[C@H](CCN)CC(=O)[C@@H](NC(=O)[C@H](CCN)CC(=O)CCCCC(C)C)[C@@H](C)O)CCNC(=O)[C@H]([C@@H](C)O)NC(=O)[C@H](CCN)NC(=O)[C@H](CCN)NC1=O. The highest BCUT2D eigenvalue weighted by Crippen LogP contribution is 2.21. The van der Waals surface area contributed by atoms with Gasteiger partial charge in [-0.25, -0.2) is 0 Å². The Bertz CT molecular complexity index is 2010. The molecule has 26 heteroatoms. The van der Waals surface area contributed by atoms with E-state index in [4.69, 9.17) is 28.7 Å². The molecule has 0 aromatic rings. The zero-order valence-electron chi connectivity index (χ0n) is 48.4. The van der Waals surface area contributed by atoms with Crippen LogP contribution in [0.2, 0.25) is 0 Å². The van der Waals surface area contributed by atoms with Crippen LogP contribution in [0.3, 0.4) is 0 Å². The van der Waals surface area contributed by atoms with Gasteiger partial charge in [0.2, 0.25) is 47.3 Å². The highest BCUT2D eigenvalue weighted by molar-refractivity contribution is 5.99. The second-order valence-electron chi connectivity index (χ2n) is 22.0. The first-order valence-electron chi connectivity index (χ1n) is 28.6. The van der Waals surface area contributed by atoms with Crippen molar-refractivity contribution in [2.45, 2.75) is 206 Å². The van der Waals surface area contributed by atoms with E-state index in [1.165, 1.54) is 13.8 Å². The van der Waals surface area contributed by atoms with Gasteiger partial charge in [0.05, 0.1) is 18.2 Å². The van der Waals surface area contributed by atoms with Crippen LogP contribution in [0.5, 0.6) is 0 Å². The number of aliphatic hydroxyl groups is 2. The van der Waals surface area contributed by atoms with E-state index in [-0.39, 0.29) is 102 Å². The number of nitrogens with one attached hydrogen (secondary N) is 8. The number of carbonyl (C=O) groups is 11. The van der Waals surface area contributed by atoms with Crippen molar-refractivity contribution in [3.05, 3.63) is 0 Å². The van der Waals surface area contributed by atoms with E-state index in [1.807, 2.05) is 13.8 Å². The summed E-state index contributed by atoms with van der Waals surface area (Å²) in [5.41, 5.74) is 29.3. The molecule has 1 saturated heterocycles. The van der Waals surface area contributed by atoms with E-state index in [0.717, 1.165) is 12.8 Å². The second-order valence-corrected chi connectivity index (χ2v) is 22.0. The normalized spacial score (nSPS) is 23.5. The first-order valence-corrected chi connectivity index (χ1v) is 28.6. The average molecular weight is 1140 g/mol. The van der Waals surface area contributed by atoms with Gasteiger partial charge in [-0.2, -0.15) is 0 Å². The Kier molecular flexibility index (Phi) is 35.4. The number of nitrogens with two attached hydrogens (primary N) is 5. The van der Waals surface area contributed by atoms with Crippen LogP contribution >= 0.6 is 0 Å². The predicted molar refractivity (Wildman–Crippen MR) is 300 cm³/mol. The van der Waals surface area contributed by atoms with Gasteiger partial charge in [0, 0.05) is 50.0 Å². The molecule has 0 saturated carbocycles. The number of aliphatic hydroxyl groups excluding tert-OH is 2. The van der Waals surface area contributed by atoms with E-state index >= 15 is 0 Å². The maximum absolute atomic E-state index is 14.4. The molecule has 1 heterocycles. The van der Waals surface area contributed by atoms with Crippen LogP contribution in [0, 0.1) is 29.6 Å². The smallest absolute Gasteiger partial charge is 0.245 e. The monoisotopic (exact) mass is 1140 g/mol. The van der Waals surface area contributed by atoms with Crippen LogP contribution < -0.4 is 71.2 Å². The van der Waals surface area contributed by atoms with Gasteiger partial charge >= 0.3 is 0 Å². The predicted octanol–water partition coefficient (Wildman–Crippen LogP) is -2.81. The second kappa shape index (κ2) is 39.0. The van der Waals surface area contributed by atoms with Gasteiger partial charge in [0.15, 0.2) is 11.6 Å². The summed E-state index contributed by atoms with van der Waals surface area (Å²) in [7, 11) is 0. The Morgan fingerprint density at radius 3 is 1.60 bits per heavy atom. The Morgan fingerprint density at radius 1 is 0.588 bits per heavy atom. The highest BCUT2D eigenvalue weighted by Gasteiger charge is 2.37. The van der Waals surface area contributed by atoms with Crippen molar-refractivity contribution >= 4 is 64.6 Å². The fourth-order valence-electron chi connectivity index (χ4n) is 9.34. The molecular weight excluding hydrogens is 1040 g/mol. The van der Waals surface area contributed by atoms with E-state index in [2.05, 4.69) is 56.4 Å². The molecular formula is C54H99N13O13. The van der Waals surface area contributed by atoms with Crippen LogP contribution in [0.1, 0.15) is 151 Å². The lowest BCUT2D eigenvalue weighted by Gasteiger charge is -2.28. The number of rotatable bonds is 30. The van der Waals surface area contributed by atoms with Gasteiger partial charge in [0.1, 0.15) is 42.0 Å². The largest absolute Gasteiger partial charge is 0.391 e. The third-order valence-electron chi connectivity index (χ3n) is 13.9. The standard InChI is InChI=1S/C54H99N13O13/c1-8-11-39-50(76)64-40(17-23-58)51(77)65-41(18-24-59)53(79)67-46(33(7)69)54(80)60-25-19-42(52(78)61-38(16-22-57)43(71)29-36(26-31(4)5)49(75)62-39)63-47(73)35(15-21-56)28-44(72)45(32(6)68)66-48(74)34(14-20-55)27-37(70)13-10-9-12-30(2)3/h30-36,38-42,45-46,68-69H,8-29,55-59H2,1-7H3,(H,60,80)(H,61,78)(H,62,75)(H,63,73)(H,64,76)(H,65,77)(H,66,74)(H,67,79)/t32-,33-,34-,35-,36+,38+,39+,40+,41+,42+,45+,46+/m1/s1. The molecule has 458 valence electrons. The topological polar surface area (TPSA) is 455 Å². The zero-order valence-corrected chi connectivity index (χ0v) is 48.4. The van der Waals surface area contributed by atoms with Gasteiger partial charge in [-0.05, 0) is 116 Å². The molecule has 0 aromatic carbocycles. The van der Waals surface area contributed by atoms with Gasteiger partial charge in [0.25, 0.3) is 0 Å². The average Bonchev–Trinajstić information content (AvgIpc) is 3.38. The van der Waals surface area contributed by atoms with E-state index < -0.39 is 157 Å². The van der Waals surface area contributed by atoms with Crippen molar-refractivity contribution in [2.24, 2.45) is 58.3 Å². The number of amides is 8. The molecule has 0 radical (unpaired) electrons. The highest BCUT2D eigenvalue weighted by atomic mass is 16.3. The Morgan fingerprint density at radius 2 is 1.10 bits per heavy atom. The molecule has 0 aliphatic carbocycles. The van der Waals surface area contributed by atoms with Crippen molar-refractivity contribution in [1.82, 2.24) is 42.5 Å². The fourth-order valence-corrected chi connectivity index (χ4v) is 9.34. The lowest BCUT2D eigenvalue weighted by atomic mass is 9.88. The van der Waals surface area contributed by atoms with Crippen LogP contribution in [-0.4, -0.2) is 169 Å². The number of carbonyl (C=O) groups excluding carboxylic acids is 11. The molecule has 12 atom stereocenters. The number of Topliss-reactive ketones (excluding diaryl/α,β-unsaturated/α-hetero) is 3. The Labute approximate surface area is 472 Å². The van der Waals surface area contributed by atoms with Crippen molar-refractivity contribution in [3.8, 4) is 0 Å². The molecule has 1 aliphatic rings. The molecule has 0 bridgehead atoms. The van der Waals surface area contributed by atoms with Crippen molar-refractivity contribution in [2.75, 3.05) is 39.3 Å². The van der Waals surface area contributed by atoms with Crippen molar-refractivity contribution < 1.29 is 63.0 Å². The lowest BCUT2D eigenvalue weighted by Crippen LogP contribution is -2.60. The molecule has 20 N–H and O–H groups in total. The Balaban J connectivity index is 3.80. The first-order chi connectivity index (χ1) is 37.8. The van der Waals surface area contributed by atoms with Gasteiger partial charge in [-0.1, -0.05) is 53.9 Å². The minimum Gasteiger partial charge on any atom is -0.391 e. The third-order valence-corrected chi connectivity index (χ3v) is 13.9. The maximum atomic E-state index is 14.4. The molecule has 1 aliphatic heterocycles.